The number of hydrogen-bond acceptors (Lipinski definition) is 3. The summed E-state index contributed by atoms with van der Waals surface area (Å²) in [7, 11) is 0. The molecule has 0 bridgehead atoms. The minimum absolute atomic E-state index is 0.226. The zero-order valence-corrected chi connectivity index (χ0v) is 9.12. The predicted molar refractivity (Wildman–Crippen MR) is 62.1 cm³/mol. The molecule has 6 heteroatoms. The molecule has 2 aromatic rings. The van der Waals surface area contributed by atoms with Gasteiger partial charge in [-0.3, -0.25) is 9.89 Å². The number of anilines is 2. The maximum Gasteiger partial charge on any atom is 0.273 e. The van der Waals surface area contributed by atoms with Gasteiger partial charge in [0.15, 0.2) is 0 Å². The lowest BCUT2D eigenvalue weighted by atomic mass is 10.2. The zero-order chi connectivity index (χ0) is 12.4. The molecule has 5 nitrogen and oxygen atoms in total. The molecule has 0 saturated carbocycles. The molecule has 0 unspecified atom stereocenters. The van der Waals surface area contributed by atoms with Crippen molar-refractivity contribution in [1.82, 2.24) is 10.2 Å². The Balaban J connectivity index is 2.18. The van der Waals surface area contributed by atoms with Crippen LogP contribution in [0.1, 0.15) is 16.1 Å². The van der Waals surface area contributed by atoms with E-state index in [-0.39, 0.29) is 11.5 Å². The molecule has 4 N–H and O–H groups in total. The smallest absolute Gasteiger partial charge is 0.273 e. The number of hydrogen-bond donors (Lipinski definition) is 3. The summed E-state index contributed by atoms with van der Waals surface area (Å²) in [5, 5.41) is 8.65. The van der Waals surface area contributed by atoms with E-state index in [2.05, 4.69) is 15.5 Å². The number of benzene rings is 1. The topological polar surface area (TPSA) is 83.8 Å². The molecule has 1 amide bonds. The number of H-pyrrole nitrogens is 1. The van der Waals surface area contributed by atoms with Crippen LogP contribution in [-0.2, 0) is 0 Å². The largest absolute Gasteiger partial charge is 0.382 e. The van der Waals surface area contributed by atoms with Gasteiger partial charge in [-0.25, -0.2) is 4.39 Å². The van der Waals surface area contributed by atoms with Crippen LogP contribution < -0.4 is 11.1 Å². The molecule has 0 aliphatic heterocycles. The van der Waals surface area contributed by atoms with E-state index >= 15 is 0 Å². The van der Waals surface area contributed by atoms with Gasteiger partial charge in [-0.2, -0.15) is 5.10 Å². The van der Waals surface area contributed by atoms with Crippen LogP contribution in [0.3, 0.4) is 0 Å². The molecule has 88 valence electrons. The number of amides is 1. The van der Waals surface area contributed by atoms with E-state index in [1.54, 1.807) is 13.0 Å². The minimum atomic E-state index is -0.417. The Kier molecular flexibility index (Phi) is 2.78. The molecule has 0 aliphatic rings. The Hall–Kier alpha value is -2.37. The van der Waals surface area contributed by atoms with E-state index < -0.39 is 11.7 Å². The second kappa shape index (κ2) is 4.25. The lowest BCUT2D eigenvalue weighted by molar-refractivity contribution is 0.102. The number of aryl methyl sites for hydroxylation is 1. The monoisotopic (exact) mass is 234 g/mol. The van der Waals surface area contributed by atoms with Gasteiger partial charge in [-0.1, -0.05) is 0 Å². The summed E-state index contributed by atoms with van der Waals surface area (Å²) >= 11 is 0. The SMILES string of the molecule is Cc1cc(F)cc(NC(=O)c2cc(N)n[nH]2)c1. The van der Waals surface area contributed by atoms with Crippen LogP contribution in [0.5, 0.6) is 0 Å². The lowest BCUT2D eigenvalue weighted by Crippen LogP contribution is -2.12. The average Bonchev–Trinajstić information content (AvgIpc) is 2.63. The number of nitrogens with two attached hydrogens (primary N) is 1. The number of rotatable bonds is 2. The number of nitrogen functional groups attached to an aromatic ring is 1. The summed E-state index contributed by atoms with van der Waals surface area (Å²) in [5.41, 5.74) is 6.72. The molecular weight excluding hydrogens is 223 g/mol. The minimum Gasteiger partial charge on any atom is -0.382 e. The lowest BCUT2D eigenvalue weighted by Gasteiger charge is -2.04. The molecule has 1 aromatic carbocycles. The summed E-state index contributed by atoms with van der Waals surface area (Å²) in [6.45, 7) is 1.74. The first-order valence-electron chi connectivity index (χ1n) is 4.94. The summed E-state index contributed by atoms with van der Waals surface area (Å²) < 4.78 is 13.1. The van der Waals surface area contributed by atoms with Crippen molar-refractivity contribution in [2.45, 2.75) is 6.92 Å². The van der Waals surface area contributed by atoms with Crippen LogP contribution in [-0.4, -0.2) is 16.1 Å². The van der Waals surface area contributed by atoms with Crippen LogP contribution in [0.4, 0.5) is 15.9 Å². The molecule has 0 aliphatic carbocycles. The van der Waals surface area contributed by atoms with Gasteiger partial charge < -0.3 is 11.1 Å². The number of aromatic nitrogens is 2. The van der Waals surface area contributed by atoms with Crippen molar-refractivity contribution in [3.8, 4) is 0 Å². The third-order valence-corrected chi connectivity index (χ3v) is 2.14. The first kappa shape index (κ1) is 11.1. The van der Waals surface area contributed by atoms with Gasteiger partial charge in [0.2, 0.25) is 0 Å². The fraction of sp³-hybridized carbons (Fsp3) is 0.0909. The summed E-state index contributed by atoms with van der Waals surface area (Å²) in [5.74, 6) is -0.589. The van der Waals surface area contributed by atoms with Crippen LogP contribution in [0.2, 0.25) is 0 Å². The van der Waals surface area contributed by atoms with E-state index in [1.165, 1.54) is 18.2 Å². The number of nitrogens with one attached hydrogen (secondary N) is 2. The Morgan fingerprint density at radius 3 is 2.76 bits per heavy atom. The van der Waals surface area contributed by atoms with Crippen molar-refractivity contribution >= 4 is 17.4 Å². The molecule has 0 radical (unpaired) electrons. The summed E-state index contributed by atoms with van der Waals surface area (Å²) in [6.07, 6.45) is 0. The van der Waals surface area contributed by atoms with Gasteiger partial charge in [-0.05, 0) is 30.7 Å². The van der Waals surface area contributed by atoms with Crippen molar-refractivity contribution in [1.29, 1.82) is 0 Å². The van der Waals surface area contributed by atoms with Crippen molar-refractivity contribution < 1.29 is 9.18 Å². The molecule has 17 heavy (non-hydrogen) atoms. The third-order valence-electron chi connectivity index (χ3n) is 2.14. The molecule has 0 atom stereocenters. The number of halogens is 1. The van der Waals surface area contributed by atoms with Gasteiger partial charge in [-0.15, -0.1) is 0 Å². The standard InChI is InChI=1S/C11H11FN4O/c1-6-2-7(12)4-8(3-6)14-11(17)9-5-10(13)16-15-9/h2-5H,1H3,(H,14,17)(H3,13,15,16). The van der Waals surface area contributed by atoms with Crippen molar-refractivity contribution in [2.24, 2.45) is 0 Å². The van der Waals surface area contributed by atoms with Gasteiger partial charge >= 0.3 is 0 Å². The number of carbonyl (C=O) groups is 1. The molecule has 1 heterocycles. The van der Waals surface area contributed by atoms with Gasteiger partial charge in [0.25, 0.3) is 5.91 Å². The fourth-order valence-electron chi connectivity index (χ4n) is 1.46. The Morgan fingerprint density at radius 2 is 2.18 bits per heavy atom. The second-order valence-electron chi connectivity index (χ2n) is 3.68. The van der Waals surface area contributed by atoms with Crippen LogP contribution in [0.15, 0.2) is 24.3 Å². The molecule has 0 fully saturated rings. The fourth-order valence-corrected chi connectivity index (χ4v) is 1.46. The normalized spacial score (nSPS) is 10.2. The van der Waals surface area contributed by atoms with Gasteiger partial charge in [0, 0.05) is 11.8 Å². The molecule has 0 spiro atoms. The molecule has 1 aromatic heterocycles. The van der Waals surface area contributed by atoms with E-state index in [0.717, 1.165) is 5.56 Å². The summed E-state index contributed by atoms with van der Waals surface area (Å²) in [6, 6.07) is 5.69. The van der Waals surface area contributed by atoms with E-state index in [9.17, 15) is 9.18 Å². The molecular formula is C11H11FN4O. The molecule has 2 rings (SSSR count). The van der Waals surface area contributed by atoms with E-state index in [0.29, 0.717) is 5.69 Å². The maximum absolute atomic E-state index is 13.1. The second-order valence-corrected chi connectivity index (χ2v) is 3.68. The van der Waals surface area contributed by atoms with Gasteiger partial charge in [0.1, 0.15) is 17.3 Å². The quantitative estimate of drug-likeness (QED) is 0.739. The van der Waals surface area contributed by atoms with Crippen molar-refractivity contribution in [3.05, 3.63) is 41.3 Å². The Bertz CT molecular complexity index is 544. The highest BCUT2D eigenvalue weighted by atomic mass is 19.1. The number of aromatic amines is 1. The highest BCUT2D eigenvalue weighted by Gasteiger charge is 2.09. The van der Waals surface area contributed by atoms with Crippen molar-refractivity contribution in [2.75, 3.05) is 11.1 Å². The highest BCUT2D eigenvalue weighted by molar-refractivity contribution is 6.03. The van der Waals surface area contributed by atoms with Gasteiger partial charge in [0.05, 0.1) is 0 Å². The maximum atomic E-state index is 13.1. The Labute approximate surface area is 96.8 Å². The number of carbonyl (C=O) groups excluding carboxylic acids is 1. The third kappa shape index (κ3) is 2.60. The highest BCUT2D eigenvalue weighted by Crippen LogP contribution is 2.14. The average molecular weight is 234 g/mol. The number of nitrogens with zero attached hydrogens (tertiary/aromatic N) is 1. The predicted octanol–water partition coefficient (Wildman–Crippen LogP) is 1.69. The Morgan fingerprint density at radius 1 is 1.41 bits per heavy atom. The van der Waals surface area contributed by atoms with Crippen LogP contribution in [0.25, 0.3) is 0 Å². The van der Waals surface area contributed by atoms with Crippen LogP contribution in [0, 0.1) is 12.7 Å². The van der Waals surface area contributed by atoms with E-state index in [1.807, 2.05) is 0 Å². The molecule has 0 saturated heterocycles. The zero-order valence-electron chi connectivity index (χ0n) is 9.12. The van der Waals surface area contributed by atoms with E-state index in [4.69, 9.17) is 5.73 Å². The van der Waals surface area contributed by atoms with Crippen LogP contribution >= 0.6 is 0 Å². The first-order chi connectivity index (χ1) is 8.04. The van der Waals surface area contributed by atoms with Crippen molar-refractivity contribution in [3.63, 3.8) is 0 Å². The summed E-state index contributed by atoms with van der Waals surface area (Å²) in [4.78, 5) is 11.7. The first-order valence-corrected chi connectivity index (χ1v) is 4.94.